The summed E-state index contributed by atoms with van der Waals surface area (Å²) in [7, 11) is 0. The Hall–Kier alpha value is -2.61. The zero-order chi connectivity index (χ0) is 23.2. The average molecular weight is 450 g/mol. The van der Waals surface area contributed by atoms with E-state index in [1.807, 2.05) is 37.3 Å². The third-order valence-electron chi connectivity index (χ3n) is 5.54. The van der Waals surface area contributed by atoms with Crippen molar-refractivity contribution >= 4 is 18.0 Å². The largest absolute Gasteiger partial charge is 0.466 e. The van der Waals surface area contributed by atoms with Gasteiger partial charge in [-0.25, -0.2) is 4.79 Å². The first-order chi connectivity index (χ1) is 15.5. The number of ether oxygens (including phenoxy) is 3. The summed E-state index contributed by atoms with van der Waals surface area (Å²) in [6.07, 6.45) is 3.34. The van der Waals surface area contributed by atoms with Crippen molar-refractivity contribution in [3.8, 4) is 0 Å². The van der Waals surface area contributed by atoms with Crippen molar-refractivity contribution in [2.75, 3.05) is 39.4 Å². The van der Waals surface area contributed by atoms with E-state index in [9.17, 15) is 14.4 Å². The Labute approximate surface area is 190 Å². The zero-order valence-corrected chi connectivity index (χ0v) is 19.3. The lowest BCUT2D eigenvalue weighted by molar-refractivity contribution is -0.666. The Morgan fingerprint density at radius 1 is 0.938 bits per heavy atom. The normalized spacial score (nSPS) is 20.4. The molecule has 0 unspecified atom stereocenters. The highest BCUT2D eigenvalue weighted by Crippen LogP contribution is 2.19. The summed E-state index contributed by atoms with van der Waals surface area (Å²) >= 11 is 0. The highest BCUT2D eigenvalue weighted by Gasteiger charge is 2.30. The Kier molecular flexibility index (Phi) is 11.6. The minimum absolute atomic E-state index is 0.0107. The summed E-state index contributed by atoms with van der Waals surface area (Å²) in [6, 6.07) is 9.54. The van der Waals surface area contributed by atoms with E-state index in [2.05, 4.69) is 5.32 Å². The van der Waals surface area contributed by atoms with Crippen molar-refractivity contribution < 1.29 is 33.9 Å². The maximum absolute atomic E-state index is 12.0. The van der Waals surface area contributed by atoms with Gasteiger partial charge in [0.2, 0.25) is 0 Å². The molecule has 8 nitrogen and oxygen atoms in total. The van der Waals surface area contributed by atoms with Crippen LogP contribution in [-0.2, 0) is 30.4 Å². The molecule has 1 aromatic carbocycles. The van der Waals surface area contributed by atoms with Crippen molar-refractivity contribution in [2.45, 2.75) is 46.1 Å². The number of benzene rings is 1. The quantitative estimate of drug-likeness (QED) is 0.528. The van der Waals surface area contributed by atoms with Crippen LogP contribution in [0, 0.1) is 11.8 Å². The summed E-state index contributed by atoms with van der Waals surface area (Å²) in [4.78, 5) is 36.5. The monoisotopic (exact) mass is 449 g/mol. The van der Waals surface area contributed by atoms with Crippen molar-refractivity contribution in [2.24, 2.45) is 11.8 Å². The molecule has 2 saturated heterocycles. The van der Waals surface area contributed by atoms with Gasteiger partial charge in [-0.2, -0.15) is 0 Å². The molecule has 178 valence electrons. The zero-order valence-electron chi connectivity index (χ0n) is 19.3. The van der Waals surface area contributed by atoms with Crippen molar-refractivity contribution in [1.82, 2.24) is 4.90 Å². The molecule has 2 fully saturated rings. The van der Waals surface area contributed by atoms with Gasteiger partial charge in [0.15, 0.2) is 0 Å². The number of amides is 1. The average Bonchev–Trinajstić information content (AvgIpc) is 2.84. The second-order valence-corrected chi connectivity index (χ2v) is 7.98. The van der Waals surface area contributed by atoms with Crippen LogP contribution in [0.4, 0.5) is 4.79 Å². The third kappa shape index (κ3) is 8.86. The highest BCUT2D eigenvalue weighted by atomic mass is 16.6. The van der Waals surface area contributed by atoms with Crippen LogP contribution in [0.3, 0.4) is 0 Å². The molecule has 2 atom stereocenters. The Morgan fingerprint density at radius 2 is 1.59 bits per heavy atom. The fraction of sp³-hybridized carbons (Fsp3) is 0.625. The van der Waals surface area contributed by atoms with Gasteiger partial charge in [-0.05, 0) is 45.1 Å². The number of piperidine rings is 2. The Morgan fingerprint density at radius 3 is 2.22 bits per heavy atom. The maximum Gasteiger partial charge on any atom is 0.410 e. The van der Waals surface area contributed by atoms with E-state index in [4.69, 9.17) is 14.2 Å². The number of hydrogen-bond acceptors (Lipinski definition) is 6. The predicted molar refractivity (Wildman–Crippen MR) is 119 cm³/mol. The van der Waals surface area contributed by atoms with Gasteiger partial charge in [0.05, 0.1) is 32.2 Å². The van der Waals surface area contributed by atoms with Gasteiger partial charge in [0, 0.05) is 13.1 Å². The van der Waals surface area contributed by atoms with Gasteiger partial charge in [-0.1, -0.05) is 30.3 Å². The van der Waals surface area contributed by atoms with E-state index >= 15 is 0 Å². The van der Waals surface area contributed by atoms with E-state index in [1.54, 1.807) is 11.8 Å². The van der Waals surface area contributed by atoms with E-state index < -0.39 is 0 Å². The van der Waals surface area contributed by atoms with Gasteiger partial charge in [0.1, 0.15) is 12.5 Å². The van der Waals surface area contributed by atoms with Gasteiger partial charge in [-0.15, -0.1) is 0 Å². The first kappa shape index (κ1) is 25.6. The van der Waals surface area contributed by atoms with Crippen LogP contribution in [0.1, 0.15) is 45.1 Å². The molecule has 0 spiro atoms. The first-order valence-corrected chi connectivity index (χ1v) is 11.7. The van der Waals surface area contributed by atoms with Crippen LogP contribution in [0.25, 0.3) is 0 Å². The number of rotatable bonds is 6. The van der Waals surface area contributed by atoms with E-state index in [0.29, 0.717) is 26.3 Å². The molecule has 0 aliphatic carbocycles. The summed E-state index contributed by atoms with van der Waals surface area (Å²) in [5, 5.41) is 2.19. The molecule has 2 aliphatic heterocycles. The highest BCUT2D eigenvalue weighted by molar-refractivity contribution is 5.75. The minimum atomic E-state index is -0.368. The Balaban J connectivity index is 0.000000278. The Bertz CT molecular complexity index is 706. The molecule has 2 heterocycles. The molecular weight excluding hydrogens is 412 g/mol. The molecule has 8 heteroatoms. The number of hydrogen-bond donors (Lipinski definition) is 1. The molecule has 1 aromatic rings. The number of nitrogens with zero attached hydrogens (tertiary/aromatic N) is 1. The number of quaternary nitrogens is 1. The fourth-order valence-electron chi connectivity index (χ4n) is 3.83. The van der Waals surface area contributed by atoms with E-state index in [1.165, 1.54) is 0 Å². The molecule has 0 aromatic heterocycles. The van der Waals surface area contributed by atoms with Crippen LogP contribution in [0.5, 0.6) is 0 Å². The van der Waals surface area contributed by atoms with Gasteiger partial charge >= 0.3 is 18.0 Å². The van der Waals surface area contributed by atoms with Gasteiger partial charge < -0.3 is 24.4 Å². The molecule has 2 aliphatic rings. The van der Waals surface area contributed by atoms with Crippen molar-refractivity contribution in [1.29, 1.82) is 0 Å². The minimum Gasteiger partial charge on any atom is -0.466 e. The molecular formula is C24H37N2O6+. The summed E-state index contributed by atoms with van der Waals surface area (Å²) in [5.74, 6) is -0.312. The smallest absolute Gasteiger partial charge is 0.410 e. The van der Waals surface area contributed by atoms with E-state index in [-0.39, 0.29) is 36.5 Å². The summed E-state index contributed by atoms with van der Waals surface area (Å²) in [6.45, 7) is 7.85. The molecule has 3 rings (SSSR count). The van der Waals surface area contributed by atoms with Crippen LogP contribution >= 0.6 is 0 Å². The lowest BCUT2D eigenvalue weighted by atomic mass is 9.99. The van der Waals surface area contributed by atoms with Gasteiger partial charge in [0.25, 0.3) is 0 Å². The molecule has 0 radical (unpaired) electrons. The van der Waals surface area contributed by atoms with E-state index in [0.717, 1.165) is 44.3 Å². The van der Waals surface area contributed by atoms with Crippen molar-refractivity contribution in [3.63, 3.8) is 0 Å². The first-order valence-electron chi connectivity index (χ1n) is 11.7. The number of likely N-dealkylation sites (tertiary alicyclic amines) is 1. The van der Waals surface area contributed by atoms with Crippen LogP contribution in [0.15, 0.2) is 30.3 Å². The standard InChI is InChI=1S/C16H21NO4.C8H15NO2/c1-2-20-15(18)14-9-6-10-17(11-14)16(19)21-12-13-7-4-3-5-8-13;1-2-11-8(10)7-4-3-5-9-6-7/h3-5,7-8,14H,2,6,9-12H2,1H3;7,9H,2-6H2,1H3/p+1/t14-;7-/m11/s1. The SMILES string of the molecule is CCOC(=O)[C@@H]1CCCN(C(=O)OCc2ccccc2)C1.CCOC(=O)[C@@H]1CCC[NH2+]C1. The molecule has 0 bridgehead atoms. The summed E-state index contributed by atoms with van der Waals surface area (Å²) in [5.41, 5.74) is 0.949. The number of carbonyl (C=O) groups is 3. The molecule has 32 heavy (non-hydrogen) atoms. The van der Waals surface area contributed by atoms with Crippen LogP contribution in [-0.4, -0.2) is 62.3 Å². The second-order valence-electron chi connectivity index (χ2n) is 7.98. The lowest BCUT2D eigenvalue weighted by Gasteiger charge is -2.30. The summed E-state index contributed by atoms with van der Waals surface area (Å²) < 4.78 is 15.2. The molecule has 0 saturated carbocycles. The van der Waals surface area contributed by atoms with Crippen molar-refractivity contribution in [3.05, 3.63) is 35.9 Å². The number of esters is 2. The topological polar surface area (TPSA) is 98.8 Å². The second kappa shape index (κ2) is 14.5. The number of carbonyl (C=O) groups excluding carboxylic acids is 3. The number of nitrogens with two attached hydrogens (primary N) is 1. The third-order valence-corrected chi connectivity index (χ3v) is 5.54. The maximum atomic E-state index is 12.0. The molecule has 1 amide bonds. The predicted octanol–water partition coefficient (Wildman–Crippen LogP) is 2.12. The van der Waals surface area contributed by atoms with Gasteiger partial charge in [-0.3, -0.25) is 9.59 Å². The van der Waals surface area contributed by atoms with Crippen LogP contribution in [0.2, 0.25) is 0 Å². The fourth-order valence-corrected chi connectivity index (χ4v) is 3.83. The van der Waals surface area contributed by atoms with Crippen LogP contribution < -0.4 is 5.32 Å². The molecule has 2 N–H and O–H groups in total. The lowest BCUT2D eigenvalue weighted by Crippen LogP contribution is -2.87.